The fourth-order valence-corrected chi connectivity index (χ4v) is 5.77. The Hall–Kier alpha value is -3.99. The second-order valence-electron chi connectivity index (χ2n) is 9.93. The van der Waals surface area contributed by atoms with Crippen LogP contribution in [0.25, 0.3) is 17.1 Å². The zero-order valence-electron chi connectivity index (χ0n) is 22.4. The molecule has 6 rings (SSSR count). The van der Waals surface area contributed by atoms with Crippen molar-refractivity contribution in [3.8, 4) is 17.1 Å². The minimum Gasteiger partial charge on any atom is -0.326 e. The average Bonchev–Trinajstić information content (AvgIpc) is 3.64. The van der Waals surface area contributed by atoms with Gasteiger partial charge in [0.15, 0.2) is 14.3 Å². The van der Waals surface area contributed by atoms with E-state index in [1.165, 1.54) is 16.7 Å². The number of hydrogen-bond donors (Lipinski definition) is 0. The van der Waals surface area contributed by atoms with Crippen LogP contribution in [0.3, 0.4) is 0 Å². The second kappa shape index (κ2) is 10.5. The summed E-state index contributed by atoms with van der Waals surface area (Å²) in [6.45, 7) is 6.22. The van der Waals surface area contributed by atoms with Crippen molar-refractivity contribution in [3.63, 3.8) is 0 Å². The molecule has 0 N–H and O–H groups in total. The molecule has 0 spiro atoms. The van der Waals surface area contributed by atoms with Gasteiger partial charge in [0.25, 0.3) is 0 Å². The topological polar surface area (TPSA) is 29.6 Å². The second-order valence-corrected chi connectivity index (χ2v) is 11.0. The molecule has 0 radical (unpaired) electrons. The van der Waals surface area contributed by atoms with Crippen LogP contribution in [0.15, 0.2) is 110 Å². The van der Waals surface area contributed by atoms with Gasteiger partial charge in [-0.2, -0.15) is 0 Å². The van der Waals surface area contributed by atoms with Gasteiger partial charge in [0.05, 0.1) is 0 Å². The zero-order chi connectivity index (χ0) is 28.0. The van der Waals surface area contributed by atoms with Crippen LogP contribution >= 0.6 is 36.7 Å². The van der Waals surface area contributed by atoms with E-state index in [-0.39, 0.29) is 0 Å². The highest BCUT2D eigenvalue weighted by Gasteiger charge is 2.29. The minimum absolute atomic E-state index is 0.461. The van der Waals surface area contributed by atoms with Crippen molar-refractivity contribution in [2.75, 3.05) is 0 Å². The maximum Gasteiger partial charge on any atom is 0.523 e. The number of hydrogen-bond acceptors (Lipinski definition) is 3. The third-order valence-electron chi connectivity index (χ3n) is 7.09. The number of nitrogens with zero attached hydrogens (tertiary/aromatic N) is 6. The fraction of sp³-hybridized carbons (Fsp3) is 0.100. The van der Waals surface area contributed by atoms with Gasteiger partial charge < -0.3 is 13.4 Å². The van der Waals surface area contributed by atoms with Crippen molar-refractivity contribution in [2.24, 2.45) is 0 Å². The Bertz CT molecular complexity index is 1750. The van der Waals surface area contributed by atoms with Gasteiger partial charge in [0.1, 0.15) is 0 Å². The molecule has 0 bridgehead atoms. The fourth-order valence-electron chi connectivity index (χ4n) is 4.81. The van der Waals surface area contributed by atoms with Crippen molar-refractivity contribution >= 4 is 43.8 Å². The highest BCUT2D eigenvalue weighted by Crippen LogP contribution is 2.18. The number of aromatic nitrogens is 6. The minimum atomic E-state index is -0.461. The van der Waals surface area contributed by atoms with Crippen molar-refractivity contribution in [3.05, 3.63) is 141 Å². The van der Waals surface area contributed by atoms with Crippen LogP contribution < -0.4 is 0 Å². The Morgan fingerprint density at radius 1 is 0.400 bits per heavy atom. The first-order valence-corrected chi connectivity index (χ1v) is 14.1. The zero-order valence-corrected chi connectivity index (χ0v) is 24.8. The largest absolute Gasteiger partial charge is 0.523 e. The maximum absolute atomic E-state index is 6.05. The highest BCUT2D eigenvalue weighted by molar-refractivity contribution is 7.71. The number of aryl methyl sites for hydroxylation is 3. The summed E-state index contributed by atoms with van der Waals surface area (Å²) in [5.41, 5.74) is 6.57. The molecule has 3 aromatic carbocycles. The van der Waals surface area contributed by atoms with E-state index in [0.717, 1.165) is 17.1 Å². The van der Waals surface area contributed by atoms with E-state index < -0.39 is 7.12 Å². The molecular weight excluding hydrogens is 551 g/mol. The molecule has 3 aromatic heterocycles. The lowest BCUT2D eigenvalue weighted by Gasteiger charge is -2.17. The SMILES string of the molecule is Cc1ccc(-n2ccn(B(n3ccn(-c4ccc(C)cc4)c3=S)n3ccn(-c4ccc(C)cc4)c3=S)c2=S)cc1. The summed E-state index contributed by atoms with van der Waals surface area (Å²) >= 11 is 18.1. The number of benzene rings is 3. The van der Waals surface area contributed by atoms with Crippen molar-refractivity contribution < 1.29 is 0 Å². The summed E-state index contributed by atoms with van der Waals surface area (Å²) in [6, 6.07) is 24.9. The summed E-state index contributed by atoms with van der Waals surface area (Å²) in [4.78, 5) is 0. The first-order chi connectivity index (χ1) is 19.3. The summed E-state index contributed by atoms with van der Waals surface area (Å²) < 4.78 is 14.0. The molecule has 0 atom stereocenters. The van der Waals surface area contributed by atoms with E-state index >= 15 is 0 Å². The molecule has 198 valence electrons. The van der Waals surface area contributed by atoms with Gasteiger partial charge in [-0.25, -0.2) is 0 Å². The van der Waals surface area contributed by atoms with Gasteiger partial charge in [-0.05, 0) is 93.8 Å². The molecule has 0 fully saturated rings. The van der Waals surface area contributed by atoms with Gasteiger partial charge in [-0.1, -0.05) is 53.1 Å². The molecule has 0 aliphatic rings. The van der Waals surface area contributed by atoms with Gasteiger partial charge in [-0.15, -0.1) is 0 Å². The average molecular weight is 579 g/mol. The van der Waals surface area contributed by atoms with Crippen molar-refractivity contribution in [2.45, 2.75) is 20.8 Å². The Morgan fingerprint density at radius 3 is 0.900 bits per heavy atom. The van der Waals surface area contributed by atoms with E-state index in [9.17, 15) is 0 Å². The molecule has 10 heteroatoms. The standard InChI is InChI=1S/C30H27BN6S3/c1-22-4-10-25(11-5-22)32-16-19-35(28(32)38)31(36-20-17-33(29(36)39)26-12-6-23(2)7-13-26)37-21-18-34(30(37)40)27-14-8-24(3)9-15-27/h4-21H,1-3H3. The molecule has 0 aliphatic heterocycles. The molecule has 6 nitrogen and oxygen atoms in total. The van der Waals surface area contributed by atoms with Gasteiger partial charge in [-0.3, -0.25) is 13.7 Å². The first-order valence-electron chi connectivity index (χ1n) is 12.9. The monoisotopic (exact) mass is 578 g/mol. The van der Waals surface area contributed by atoms with Gasteiger partial charge in [0, 0.05) is 54.2 Å². The third kappa shape index (κ3) is 4.68. The summed E-state index contributed by atoms with van der Waals surface area (Å²) in [7, 11) is -0.461. The van der Waals surface area contributed by atoms with E-state index in [1.54, 1.807) is 0 Å². The Balaban J connectivity index is 1.53. The van der Waals surface area contributed by atoms with E-state index in [0.29, 0.717) is 14.3 Å². The smallest absolute Gasteiger partial charge is 0.326 e. The molecule has 0 aliphatic carbocycles. The lowest BCUT2D eigenvalue weighted by molar-refractivity contribution is 0.878. The molecular formula is C30H27BN6S3. The Kier molecular flexibility index (Phi) is 6.91. The molecule has 0 amide bonds. The Labute approximate surface area is 248 Å². The van der Waals surface area contributed by atoms with E-state index in [4.69, 9.17) is 36.7 Å². The molecule has 6 aromatic rings. The highest BCUT2D eigenvalue weighted by atomic mass is 32.1. The Morgan fingerprint density at radius 2 is 0.650 bits per heavy atom. The lowest BCUT2D eigenvalue weighted by Crippen LogP contribution is -2.41. The summed E-state index contributed by atoms with van der Waals surface area (Å²) in [6.07, 6.45) is 11.9. The molecule has 0 unspecified atom stereocenters. The van der Waals surface area contributed by atoms with Crippen LogP contribution in [0.4, 0.5) is 0 Å². The lowest BCUT2D eigenvalue weighted by atomic mass is 9.92. The van der Waals surface area contributed by atoms with Crippen molar-refractivity contribution in [1.82, 2.24) is 27.1 Å². The summed E-state index contributed by atoms with van der Waals surface area (Å²) in [5.74, 6) is 0. The quantitative estimate of drug-likeness (QED) is 0.151. The predicted octanol–water partition coefficient (Wildman–Crippen LogP) is 7.51. The normalized spacial score (nSPS) is 11.2. The number of imidazole rings is 3. The van der Waals surface area contributed by atoms with Crippen LogP contribution in [0, 0.1) is 35.1 Å². The van der Waals surface area contributed by atoms with Crippen LogP contribution in [-0.2, 0) is 0 Å². The van der Waals surface area contributed by atoms with E-state index in [1.807, 2.05) is 64.3 Å². The molecule has 0 saturated heterocycles. The molecule has 0 saturated carbocycles. The molecule has 3 heterocycles. The third-order valence-corrected chi connectivity index (χ3v) is 8.32. The van der Waals surface area contributed by atoms with Crippen LogP contribution in [0.2, 0.25) is 0 Å². The van der Waals surface area contributed by atoms with Gasteiger partial charge >= 0.3 is 7.12 Å². The van der Waals surface area contributed by atoms with Crippen LogP contribution in [0.1, 0.15) is 16.7 Å². The maximum atomic E-state index is 6.05. The van der Waals surface area contributed by atoms with Crippen LogP contribution in [-0.4, -0.2) is 34.3 Å². The van der Waals surface area contributed by atoms with Crippen molar-refractivity contribution in [1.29, 1.82) is 0 Å². The van der Waals surface area contributed by atoms with Gasteiger partial charge in [0.2, 0.25) is 0 Å². The van der Waals surface area contributed by atoms with E-state index in [2.05, 4.69) is 93.6 Å². The van der Waals surface area contributed by atoms with Crippen LogP contribution in [0.5, 0.6) is 0 Å². The predicted molar refractivity (Wildman–Crippen MR) is 170 cm³/mol. The first kappa shape index (κ1) is 26.2. The summed E-state index contributed by atoms with van der Waals surface area (Å²) in [5, 5.41) is 0. The number of rotatable bonds is 6. The molecule has 40 heavy (non-hydrogen) atoms.